The Bertz CT molecular complexity index is 939. The van der Waals surface area contributed by atoms with Crippen molar-refractivity contribution in [2.45, 2.75) is 38.5 Å². The third kappa shape index (κ3) is 3.78. The van der Waals surface area contributed by atoms with Gasteiger partial charge >= 0.3 is 0 Å². The SMILES string of the molecule is CCc1nccn1-c1nccnc1C1CCCN(C(=O)Cc2cccnc2)C1. The monoisotopic (exact) mass is 376 g/mol. The van der Waals surface area contributed by atoms with Crippen molar-refractivity contribution in [1.82, 2.24) is 29.4 Å². The zero-order chi connectivity index (χ0) is 19.3. The lowest BCUT2D eigenvalue weighted by atomic mass is 9.93. The summed E-state index contributed by atoms with van der Waals surface area (Å²) in [7, 11) is 0. The summed E-state index contributed by atoms with van der Waals surface area (Å²) in [6.07, 6.45) is 13.8. The Morgan fingerprint density at radius 1 is 1.18 bits per heavy atom. The van der Waals surface area contributed by atoms with Crippen LogP contribution in [0.4, 0.5) is 0 Å². The first-order valence-electron chi connectivity index (χ1n) is 9.76. The van der Waals surface area contributed by atoms with Crippen LogP contribution in [-0.2, 0) is 17.6 Å². The number of aromatic nitrogens is 5. The van der Waals surface area contributed by atoms with Gasteiger partial charge in [-0.1, -0.05) is 13.0 Å². The third-order valence-electron chi connectivity index (χ3n) is 5.21. The molecule has 3 aromatic rings. The summed E-state index contributed by atoms with van der Waals surface area (Å²) < 4.78 is 2.01. The summed E-state index contributed by atoms with van der Waals surface area (Å²) in [6.45, 7) is 3.53. The molecule has 144 valence electrons. The number of hydrogen-bond acceptors (Lipinski definition) is 5. The highest BCUT2D eigenvalue weighted by Crippen LogP contribution is 2.29. The minimum absolute atomic E-state index is 0.139. The van der Waals surface area contributed by atoms with E-state index in [0.29, 0.717) is 13.0 Å². The molecule has 7 heteroatoms. The predicted octanol–water partition coefficient (Wildman–Crippen LogP) is 2.57. The van der Waals surface area contributed by atoms with Gasteiger partial charge in [-0.25, -0.2) is 9.97 Å². The van der Waals surface area contributed by atoms with E-state index in [1.807, 2.05) is 27.8 Å². The summed E-state index contributed by atoms with van der Waals surface area (Å²) >= 11 is 0. The van der Waals surface area contributed by atoms with Gasteiger partial charge in [-0.3, -0.25) is 19.3 Å². The lowest BCUT2D eigenvalue weighted by Crippen LogP contribution is -2.40. The summed E-state index contributed by atoms with van der Waals surface area (Å²) in [5.41, 5.74) is 1.88. The highest BCUT2D eigenvalue weighted by atomic mass is 16.2. The molecule has 3 aromatic heterocycles. The summed E-state index contributed by atoms with van der Waals surface area (Å²) in [4.78, 5) is 32.5. The van der Waals surface area contributed by atoms with Crippen molar-refractivity contribution >= 4 is 5.91 Å². The molecular weight excluding hydrogens is 352 g/mol. The molecule has 7 nitrogen and oxygen atoms in total. The Hall–Kier alpha value is -3.09. The van der Waals surface area contributed by atoms with Crippen LogP contribution in [0.2, 0.25) is 0 Å². The van der Waals surface area contributed by atoms with Gasteiger partial charge in [-0.15, -0.1) is 0 Å². The third-order valence-corrected chi connectivity index (χ3v) is 5.21. The van der Waals surface area contributed by atoms with Gasteiger partial charge in [0.15, 0.2) is 5.82 Å². The van der Waals surface area contributed by atoms with E-state index < -0.39 is 0 Å². The van der Waals surface area contributed by atoms with E-state index in [-0.39, 0.29) is 11.8 Å². The van der Waals surface area contributed by atoms with Crippen molar-refractivity contribution < 1.29 is 4.79 Å². The first-order valence-corrected chi connectivity index (χ1v) is 9.76. The Morgan fingerprint density at radius 2 is 2.07 bits per heavy atom. The number of nitrogens with zero attached hydrogens (tertiary/aromatic N) is 6. The quantitative estimate of drug-likeness (QED) is 0.684. The number of amides is 1. The van der Waals surface area contributed by atoms with Crippen LogP contribution in [-0.4, -0.2) is 48.4 Å². The number of pyridine rings is 1. The normalized spacial score (nSPS) is 16.9. The summed E-state index contributed by atoms with van der Waals surface area (Å²) in [5, 5.41) is 0. The van der Waals surface area contributed by atoms with E-state index in [9.17, 15) is 4.79 Å². The summed E-state index contributed by atoms with van der Waals surface area (Å²) in [6, 6.07) is 3.81. The second-order valence-electron chi connectivity index (χ2n) is 7.05. The molecule has 0 saturated carbocycles. The van der Waals surface area contributed by atoms with Crippen LogP contribution in [0.15, 0.2) is 49.3 Å². The number of imidazole rings is 1. The lowest BCUT2D eigenvalue weighted by molar-refractivity contribution is -0.131. The maximum Gasteiger partial charge on any atom is 0.227 e. The molecule has 0 bridgehead atoms. The van der Waals surface area contributed by atoms with Crippen molar-refractivity contribution in [3.8, 4) is 5.82 Å². The molecule has 4 heterocycles. The van der Waals surface area contributed by atoms with Gasteiger partial charge in [0, 0.05) is 62.6 Å². The predicted molar refractivity (Wildman–Crippen MR) is 105 cm³/mol. The first kappa shape index (κ1) is 18.3. The lowest BCUT2D eigenvalue weighted by Gasteiger charge is -2.33. The zero-order valence-electron chi connectivity index (χ0n) is 16.0. The molecule has 0 radical (unpaired) electrons. The molecule has 28 heavy (non-hydrogen) atoms. The molecule has 4 rings (SSSR count). The highest BCUT2D eigenvalue weighted by molar-refractivity contribution is 5.78. The highest BCUT2D eigenvalue weighted by Gasteiger charge is 2.28. The average Bonchev–Trinajstić information content (AvgIpc) is 3.23. The fourth-order valence-electron chi connectivity index (χ4n) is 3.82. The molecular formula is C21H24N6O. The molecule has 0 aromatic carbocycles. The molecule has 1 aliphatic heterocycles. The van der Waals surface area contributed by atoms with Gasteiger partial charge < -0.3 is 4.90 Å². The van der Waals surface area contributed by atoms with E-state index in [1.165, 1.54) is 0 Å². The standard InChI is InChI=1S/C21H24N6O/c1-2-18-23-10-12-27(18)21-20(24-8-9-25-21)17-6-4-11-26(15-17)19(28)13-16-5-3-7-22-14-16/h3,5,7-10,12,14,17H,2,4,6,11,13,15H2,1H3. The smallest absolute Gasteiger partial charge is 0.227 e. The van der Waals surface area contributed by atoms with Crippen molar-refractivity contribution in [2.75, 3.05) is 13.1 Å². The van der Waals surface area contributed by atoms with Crippen LogP contribution in [0.3, 0.4) is 0 Å². The largest absolute Gasteiger partial charge is 0.342 e. The Morgan fingerprint density at radius 3 is 2.89 bits per heavy atom. The Balaban J connectivity index is 1.55. The fourth-order valence-corrected chi connectivity index (χ4v) is 3.82. The van der Waals surface area contributed by atoms with E-state index >= 15 is 0 Å². The van der Waals surface area contributed by atoms with Crippen LogP contribution >= 0.6 is 0 Å². The second kappa shape index (κ2) is 8.29. The second-order valence-corrected chi connectivity index (χ2v) is 7.05. The minimum atomic E-state index is 0.139. The number of aryl methyl sites for hydroxylation is 1. The number of carbonyl (C=O) groups excluding carboxylic acids is 1. The van der Waals surface area contributed by atoms with Crippen LogP contribution in [0.5, 0.6) is 0 Å². The molecule has 1 saturated heterocycles. The molecule has 0 spiro atoms. The molecule has 1 fully saturated rings. The van der Waals surface area contributed by atoms with Crippen molar-refractivity contribution in [3.05, 3.63) is 66.4 Å². The van der Waals surface area contributed by atoms with Crippen molar-refractivity contribution in [3.63, 3.8) is 0 Å². The van der Waals surface area contributed by atoms with Crippen LogP contribution in [0, 0.1) is 0 Å². The van der Waals surface area contributed by atoms with Crippen LogP contribution in [0.25, 0.3) is 5.82 Å². The van der Waals surface area contributed by atoms with E-state index in [1.54, 1.807) is 31.0 Å². The maximum absolute atomic E-state index is 12.8. The van der Waals surface area contributed by atoms with Gasteiger partial charge in [-0.05, 0) is 24.5 Å². The average molecular weight is 376 g/mol. The number of likely N-dealkylation sites (tertiary alicyclic amines) is 1. The van der Waals surface area contributed by atoms with Crippen molar-refractivity contribution in [2.24, 2.45) is 0 Å². The number of hydrogen-bond donors (Lipinski definition) is 0. The number of rotatable bonds is 5. The molecule has 1 atom stereocenters. The minimum Gasteiger partial charge on any atom is -0.342 e. The fraction of sp³-hybridized carbons (Fsp3) is 0.381. The number of carbonyl (C=O) groups is 1. The Kier molecular flexibility index (Phi) is 5.41. The van der Waals surface area contributed by atoms with E-state index in [4.69, 9.17) is 0 Å². The molecule has 1 amide bonds. The molecule has 0 N–H and O–H groups in total. The maximum atomic E-state index is 12.8. The van der Waals surface area contributed by atoms with Crippen LogP contribution < -0.4 is 0 Å². The zero-order valence-corrected chi connectivity index (χ0v) is 16.0. The van der Waals surface area contributed by atoms with Gasteiger partial charge in [0.2, 0.25) is 5.91 Å². The van der Waals surface area contributed by atoms with Crippen LogP contribution in [0.1, 0.15) is 42.8 Å². The molecule has 1 aliphatic rings. The first-order chi connectivity index (χ1) is 13.8. The molecule has 1 unspecified atom stereocenters. The van der Waals surface area contributed by atoms with Gasteiger partial charge in [0.05, 0.1) is 12.1 Å². The van der Waals surface area contributed by atoms with E-state index in [2.05, 4.69) is 26.9 Å². The Labute approximate surface area is 164 Å². The van der Waals surface area contributed by atoms with Crippen molar-refractivity contribution in [1.29, 1.82) is 0 Å². The van der Waals surface area contributed by atoms with Gasteiger partial charge in [0.25, 0.3) is 0 Å². The summed E-state index contributed by atoms with van der Waals surface area (Å²) in [5.74, 6) is 2.09. The van der Waals surface area contributed by atoms with Gasteiger partial charge in [-0.2, -0.15) is 0 Å². The molecule has 0 aliphatic carbocycles. The van der Waals surface area contributed by atoms with Gasteiger partial charge in [0.1, 0.15) is 5.82 Å². The van der Waals surface area contributed by atoms with E-state index in [0.717, 1.165) is 48.7 Å². The number of piperidine rings is 1. The topological polar surface area (TPSA) is 76.8 Å².